The molecule has 2 aromatic heterocycles. The molecule has 0 aliphatic carbocycles. The molecular formula is C19H13BrClN3O5S. The molecule has 154 valence electrons. The van der Waals surface area contributed by atoms with Crippen LogP contribution in [0.3, 0.4) is 0 Å². The lowest BCUT2D eigenvalue weighted by atomic mass is 10.2. The SMILES string of the molecule is COc1cc(Cl)c(Br)cc1N(c1ccon1)S(=O)(=O)c1ccc2[nH]c(=O)ccc2c1. The molecule has 4 rings (SSSR count). The minimum atomic E-state index is -4.17. The maximum absolute atomic E-state index is 13.7. The number of hydrogen-bond acceptors (Lipinski definition) is 6. The lowest BCUT2D eigenvalue weighted by Crippen LogP contribution is -2.27. The third-order valence-electron chi connectivity index (χ3n) is 4.31. The van der Waals surface area contributed by atoms with Crippen molar-refractivity contribution in [3.05, 3.63) is 74.6 Å². The number of nitrogens with one attached hydrogen (secondary N) is 1. The molecule has 8 nitrogen and oxygen atoms in total. The van der Waals surface area contributed by atoms with E-state index in [2.05, 4.69) is 26.1 Å². The fraction of sp³-hybridized carbons (Fsp3) is 0.0526. The van der Waals surface area contributed by atoms with Gasteiger partial charge in [-0.05, 0) is 51.6 Å². The summed E-state index contributed by atoms with van der Waals surface area (Å²) < 4.78 is 39.1. The fourth-order valence-corrected chi connectivity index (χ4v) is 4.88. The lowest BCUT2D eigenvalue weighted by Gasteiger charge is -2.24. The van der Waals surface area contributed by atoms with Crippen LogP contribution >= 0.6 is 27.5 Å². The van der Waals surface area contributed by atoms with Crippen molar-refractivity contribution in [3.63, 3.8) is 0 Å². The molecule has 30 heavy (non-hydrogen) atoms. The molecule has 0 radical (unpaired) electrons. The molecule has 1 N–H and O–H groups in total. The number of H-pyrrole nitrogens is 1. The van der Waals surface area contributed by atoms with Crippen molar-refractivity contribution in [2.75, 3.05) is 11.4 Å². The monoisotopic (exact) mass is 509 g/mol. The normalized spacial score (nSPS) is 11.6. The van der Waals surface area contributed by atoms with Gasteiger partial charge in [0.25, 0.3) is 10.0 Å². The van der Waals surface area contributed by atoms with Gasteiger partial charge in [-0.2, -0.15) is 0 Å². The molecule has 11 heteroatoms. The molecule has 0 fully saturated rings. The van der Waals surface area contributed by atoms with Gasteiger partial charge >= 0.3 is 0 Å². The summed E-state index contributed by atoms with van der Waals surface area (Å²) in [4.78, 5) is 14.2. The van der Waals surface area contributed by atoms with Crippen LogP contribution in [0, 0.1) is 0 Å². The number of hydrogen-bond donors (Lipinski definition) is 1. The van der Waals surface area contributed by atoms with E-state index < -0.39 is 10.0 Å². The number of rotatable bonds is 5. The zero-order chi connectivity index (χ0) is 21.5. The highest BCUT2D eigenvalue weighted by molar-refractivity contribution is 9.10. The van der Waals surface area contributed by atoms with Crippen molar-refractivity contribution in [2.45, 2.75) is 4.90 Å². The second kappa shape index (κ2) is 7.78. The number of pyridine rings is 1. The Morgan fingerprint density at radius 1 is 1.17 bits per heavy atom. The molecule has 0 unspecified atom stereocenters. The number of ether oxygens (including phenoxy) is 1. The summed E-state index contributed by atoms with van der Waals surface area (Å²) in [6.07, 6.45) is 1.26. The Morgan fingerprint density at radius 3 is 2.67 bits per heavy atom. The molecule has 0 aliphatic rings. The van der Waals surface area contributed by atoms with Crippen LogP contribution in [-0.4, -0.2) is 25.7 Å². The van der Waals surface area contributed by atoms with E-state index in [1.807, 2.05) is 0 Å². The molecule has 2 aromatic carbocycles. The van der Waals surface area contributed by atoms with Gasteiger partial charge in [-0.1, -0.05) is 16.8 Å². The highest BCUT2D eigenvalue weighted by atomic mass is 79.9. The van der Waals surface area contributed by atoms with E-state index in [4.69, 9.17) is 20.9 Å². The molecule has 0 spiro atoms. The maximum Gasteiger partial charge on any atom is 0.270 e. The van der Waals surface area contributed by atoms with Crippen molar-refractivity contribution in [1.29, 1.82) is 0 Å². The third kappa shape index (κ3) is 3.57. The summed E-state index contributed by atoms with van der Waals surface area (Å²) in [6.45, 7) is 0. The molecule has 0 saturated carbocycles. The first-order chi connectivity index (χ1) is 14.3. The summed E-state index contributed by atoms with van der Waals surface area (Å²) >= 11 is 9.46. The average Bonchev–Trinajstić information content (AvgIpc) is 3.24. The Kier molecular flexibility index (Phi) is 5.31. The van der Waals surface area contributed by atoms with Crippen molar-refractivity contribution in [1.82, 2.24) is 10.1 Å². The number of aromatic nitrogens is 2. The van der Waals surface area contributed by atoms with Crippen LogP contribution in [-0.2, 0) is 10.0 Å². The Bertz CT molecular complexity index is 1400. The molecule has 2 heterocycles. The number of halogens is 2. The Hall–Kier alpha value is -2.82. The van der Waals surface area contributed by atoms with Crippen LogP contribution in [0.25, 0.3) is 10.9 Å². The number of aromatic amines is 1. The Balaban J connectivity index is 1.96. The molecule has 0 amide bonds. The van der Waals surface area contributed by atoms with Gasteiger partial charge < -0.3 is 14.2 Å². The minimum absolute atomic E-state index is 0.0156. The molecular weight excluding hydrogens is 498 g/mol. The van der Waals surface area contributed by atoms with Gasteiger partial charge in [-0.25, -0.2) is 12.7 Å². The van der Waals surface area contributed by atoms with Gasteiger partial charge in [-0.15, -0.1) is 0 Å². The number of anilines is 2. The van der Waals surface area contributed by atoms with Crippen LogP contribution in [0.5, 0.6) is 5.75 Å². The van der Waals surface area contributed by atoms with Crippen LogP contribution in [0.15, 0.2) is 73.5 Å². The first-order valence-corrected chi connectivity index (χ1v) is 11.0. The largest absolute Gasteiger partial charge is 0.494 e. The molecule has 4 aromatic rings. The van der Waals surface area contributed by atoms with Crippen LogP contribution in [0.2, 0.25) is 5.02 Å². The highest BCUT2D eigenvalue weighted by Gasteiger charge is 2.32. The van der Waals surface area contributed by atoms with Gasteiger partial charge in [0.05, 0.1) is 17.0 Å². The van der Waals surface area contributed by atoms with Crippen molar-refractivity contribution >= 4 is 60.0 Å². The third-order valence-corrected chi connectivity index (χ3v) is 7.22. The van der Waals surface area contributed by atoms with E-state index in [1.54, 1.807) is 6.07 Å². The van der Waals surface area contributed by atoms with E-state index in [9.17, 15) is 13.2 Å². The van der Waals surface area contributed by atoms with Crippen molar-refractivity contribution < 1.29 is 17.7 Å². The first-order valence-electron chi connectivity index (χ1n) is 8.43. The quantitative estimate of drug-likeness (QED) is 0.425. The van der Waals surface area contributed by atoms with E-state index in [-0.39, 0.29) is 27.7 Å². The first kappa shape index (κ1) is 20.5. The summed E-state index contributed by atoms with van der Waals surface area (Å²) in [7, 11) is -2.76. The summed E-state index contributed by atoms with van der Waals surface area (Å²) in [5.74, 6) is 0.254. The van der Waals surface area contributed by atoms with Crippen LogP contribution in [0.4, 0.5) is 11.5 Å². The van der Waals surface area contributed by atoms with Crippen molar-refractivity contribution in [2.24, 2.45) is 0 Å². The fourth-order valence-electron chi connectivity index (χ4n) is 2.93. The Labute approximate surface area is 184 Å². The van der Waals surface area contributed by atoms with E-state index >= 15 is 0 Å². The number of benzene rings is 2. The predicted molar refractivity (Wildman–Crippen MR) is 116 cm³/mol. The summed E-state index contributed by atoms with van der Waals surface area (Å²) in [5, 5.41) is 4.71. The highest BCUT2D eigenvalue weighted by Crippen LogP contribution is 2.42. The smallest absolute Gasteiger partial charge is 0.270 e. The van der Waals surface area contributed by atoms with Gasteiger partial charge in [0.1, 0.15) is 17.7 Å². The minimum Gasteiger partial charge on any atom is -0.494 e. The standard InChI is InChI=1S/C19H13BrClN3O5S/c1-28-17-10-14(21)13(20)9-16(17)24(18-6-7-29-23-18)30(26,27)12-3-4-15-11(8-12)2-5-19(25)22-15/h2-10H,1H3,(H,22,25). The maximum atomic E-state index is 13.7. The number of sulfonamides is 1. The van der Waals surface area contributed by atoms with Gasteiger partial charge in [0.15, 0.2) is 5.82 Å². The number of fused-ring (bicyclic) bond motifs is 1. The van der Waals surface area contributed by atoms with Crippen LogP contribution in [0.1, 0.15) is 0 Å². The summed E-state index contributed by atoms with van der Waals surface area (Å²) in [6, 6.07) is 11.7. The van der Waals surface area contributed by atoms with E-state index in [0.717, 1.165) is 4.31 Å². The molecule has 0 saturated heterocycles. The zero-order valence-electron chi connectivity index (χ0n) is 15.3. The van der Waals surface area contributed by atoms with Crippen LogP contribution < -0.4 is 14.6 Å². The predicted octanol–water partition coefficient (Wildman–Crippen LogP) is 4.47. The lowest BCUT2D eigenvalue weighted by molar-refractivity contribution is 0.414. The van der Waals surface area contributed by atoms with Crippen molar-refractivity contribution in [3.8, 4) is 5.75 Å². The number of methoxy groups -OCH3 is 1. The van der Waals surface area contributed by atoms with Gasteiger partial charge in [0, 0.05) is 28.2 Å². The second-order valence-electron chi connectivity index (χ2n) is 6.14. The topological polar surface area (TPSA) is 106 Å². The van der Waals surface area contributed by atoms with E-state index in [0.29, 0.717) is 20.4 Å². The zero-order valence-corrected chi connectivity index (χ0v) is 18.5. The summed E-state index contributed by atoms with van der Waals surface area (Å²) in [5.41, 5.74) is 0.420. The number of nitrogens with zero attached hydrogens (tertiary/aromatic N) is 2. The Morgan fingerprint density at radius 2 is 1.97 bits per heavy atom. The van der Waals surface area contributed by atoms with Gasteiger partial charge in [0.2, 0.25) is 5.56 Å². The van der Waals surface area contributed by atoms with Gasteiger partial charge in [-0.3, -0.25) is 4.79 Å². The molecule has 0 bridgehead atoms. The van der Waals surface area contributed by atoms with E-state index in [1.165, 1.54) is 55.8 Å². The average molecular weight is 511 g/mol. The molecule has 0 atom stereocenters. The second-order valence-corrected chi connectivity index (χ2v) is 9.19. The molecule has 0 aliphatic heterocycles.